The van der Waals surface area contributed by atoms with Crippen LogP contribution in [0.4, 0.5) is 5.82 Å². The summed E-state index contributed by atoms with van der Waals surface area (Å²) in [6.07, 6.45) is 8.35. The Kier molecular flexibility index (Phi) is 7.60. The molecule has 0 aliphatic carbocycles. The van der Waals surface area contributed by atoms with Crippen LogP contribution in [0.25, 0.3) is 22.6 Å². The molecule has 3 aliphatic rings. The van der Waals surface area contributed by atoms with Crippen LogP contribution < -0.4 is 4.90 Å². The van der Waals surface area contributed by atoms with E-state index < -0.39 is 17.7 Å². The molecule has 0 unspecified atom stereocenters. The number of aromatic nitrogens is 5. The van der Waals surface area contributed by atoms with E-state index in [1.807, 2.05) is 62.8 Å². The van der Waals surface area contributed by atoms with E-state index in [0.29, 0.717) is 42.4 Å². The molecule has 3 aromatic heterocycles. The number of aliphatic carboxylic acids is 1. The highest BCUT2D eigenvalue weighted by atomic mass is 16.5. The third kappa shape index (κ3) is 6.07. The lowest BCUT2D eigenvalue weighted by atomic mass is 9.92. The Hall–Kier alpha value is -4.02. The van der Waals surface area contributed by atoms with Crippen molar-refractivity contribution in [2.75, 3.05) is 24.6 Å². The van der Waals surface area contributed by atoms with Gasteiger partial charge in [0, 0.05) is 36.6 Å². The molecule has 8 bridgehead atoms. The topological polar surface area (TPSA) is 107 Å². The summed E-state index contributed by atoms with van der Waals surface area (Å²) in [7, 11) is 0. The van der Waals surface area contributed by atoms with E-state index in [9.17, 15) is 9.90 Å². The fourth-order valence-corrected chi connectivity index (χ4v) is 5.90. The van der Waals surface area contributed by atoms with Crippen molar-refractivity contribution in [3.05, 3.63) is 71.7 Å². The van der Waals surface area contributed by atoms with Gasteiger partial charge in [-0.15, -0.1) is 0 Å². The summed E-state index contributed by atoms with van der Waals surface area (Å²) in [5.41, 5.74) is 4.44. The van der Waals surface area contributed by atoms with Crippen LogP contribution >= 0.6 is 0 Å². The summed E-state index contributed by atoms with van der Waals surface area (Å²) in [5.74, 6) is -0.355. The number of carbonyl (C=O) groups is 1. The minimum absolute atomic E-state index is 0.286. The van der Waals surface area contributed by atoms with Gasteiger partial charge < -0.3 is 19.5 Å². The molecule has 0 spiro atoms. The SMILES string of the molecule is Cc1nc2cc3nn2c(c1[C@H](OC(C)(C)C)C(=O)O)N1CCC(C)(CC1)OC/C=C\CCc1ccn(n1)-c1cccc-3c1. The Bertz CT molecular complexity index is 1670. The molecule has 1 fully saturated rings. The minimum atomic E-state index is -1.21. The van der Waals surface area contributed by atoms with Gasteiger partial charge in [-0.2, -0.15) is 14.7 Å². The highest BCUT2D eigenvalue weighted by Gasteiger charge is 2.37. The molecule has 1 N–H and O–H groups in total. The third-order valence-electron chi connectivity index (χ3n) is 8.20. The Morgan fingerprint density at radius 2 is 1.91 bits per heavy atom. The second kappa shape index (κ2) is 11.2. The number of carboxylic acids is 1. The molecule has 10 heteroatoms. The third-order valence-corrected chi connectivity index (χ3v) is 8.20. The molecule has 0 amide bonds. The molecule has 1 aromatic carbocycles. The number of fused-ring (bicyclic) bond motifs is 6. The van der Waals surface area contributed by atoms with Crippen LogP contribution in [-0.4, -0.2) is 66.4 Å². The average Bonchev–Trinajstić information content (AvgIpc) is 3.60. The first-order valence-corrected chi connectivity index (χ1v) is 15.0. The highest BCUT2D eigenvalue weighted by Crippen LogP contribution is 2.38. The van der Waals surface area contributed by atoms with Crippen molar-refractivity contribution in [1.82, 2.24) is 24.4 Å². The standard InChI is InChI=1S/C33H40N6O4/c1-22-28(29(31(40)41)43-32(2,3)4)30-37-17-14-33(5,15-18-37)42-19-8-6-7-11-24-13-16-38(35-24)25-12-9-10-23(20-25)26-21-27(34-22)39(30)36-26/h6,8-10,12-13,16,20-21,29H,7,11,14-15,17-19H2,1-5H3,(H,40,41)/b8-6-/t29-/m0/s1. The molecule has 1 saturated heterocycles. The highest BCUT2D eigenvalue weighted by molar-refractivity contribution is 5.79. The van der Waals surface area contributed by atoms with E-state index in [1.54, 1.807) is 4.52 Å². The van der Waals surface area contributed by atoms with Gasteiger partial charge in [0.15, 0.2) is 11.8 Å². The molecule has 0 saturated carbocycles. The van der Waals surface area contributed by atoms with Crippen molar-refractivity contribution in [2.45, 2.75) is 77.6 Å². The lowest BCUT2D eigenvalue weighted by Gasteiger charge is -2.41. The summed E-state index contributed by atoms with van der Waals surface area (Å²) in [6, 6.07) is 12.1. The number of benzene rings is 1. The van der Waals surface area contributed by atoms with Crippen LogP contribution in [0.1, 0.15) is 70.0 Å². The predicted octanol–water partition coefficient (Wildman–Crippen LogP) is 5.71. The van der Waals surface area contributed by atoms with Gasteiger partial charge >= 0.3 is 5.97 Å². The number of nitrogens with zero attached hydrogens (tertiary/aromatic N) is 6. The Labute approximate surface area is 251 Å². The lowest BCUT2D eigenvalue weighted by molar-refractivity contribution is -0.160. The fraction of sp³-hybridized carbons (Fsp3) is 0.455. The summed E-state index contributed by atoms with van der Waals surface area (Å²) in [5, 5.41) is 20.2. The smallest absolute Gasteiger partial charge is 0.337 e. The molecule has 226 valence electrons. The quantitative estimate of drug-likeness (QED) is 0.305. The van der Waals surface area contributed by atoms with E-state index >= 15 is 0 Å². The minimum Gasteiger partial charge on any atom is -0.479 e. The summed E-state index contributed by atoms with van der Waals surface area (Å²) < 4.78 is 16.2. The fourth-order valence-electron chi connectivity index (χ4n) is 5.90. The van der Waals surface area contributed by atoms with Gasteiger partial charge in [0.2, 0.25) is 0 Å². The van der Waals surface area contributed by atoms with Crippen molar-refractivity contribution in [3.8, 4) is 16.9 Å². The molecule has 6 heterocycles. The molecular formula is C33H40N6O4. The van der Waals surface area contributed by atoms with Gasteiger partial charge in [-0.3, -0.25) is 0 Å². The van der Waals surface area contributed by atoms with E-state index in [2.05, 4.69) is 36.1 Å². The number of carboxylic acid groups (broad SMARTS) is 1. The number of allylic oxidation sites excluding steroid dienone is 1. The molecule has 1 atom stereocenters. The summed E-state index contributed by atoms with van der Waals surface area (Å²) in [4.78, 5) is 19.8. The first kappa shape index (κ1) is 29.1. The van der Waals surface area contributed by atoms with E-state index in [-0.39, 0.29) is 5.60 Å². The van der Waals surface area contributed by atoms with Crippen molar-refractivity contribution in [1.29, 1.82) is 0 Å². The van der Waals surface area contributed by atoms with Crippen LogP contribution in [0, 0.1) is 6.92 Å². The van der Waals surface area contributed by atoms with Gasteiger partial charge in [0.25, 0.3) is 0 Å². The zero-order valence-electron chi connectivity index (χ0n) is 25.6. The molecule has 3 aliphatic heterocycles. The Morgan fingerprint density at radius 1 is 1.12 bits per heavy atom. The molecule has 10 nitrogen and oxygen atoms in total. The molecule has 7 rings (SSSR count). The van der Waals surface area contributed by atoms with Crippen LogP contribution in [0.3, 0.4) is 0 Å². The lowest BCUT2D eigenvalue weighted by Crippen LogP contribution is -2.45. The maximum atomic E-state index is 12.7. The van der Waals surface area contributed by atoms with Gasteiger partial charge in [-0.25, -0.2) is 14.5 Å². The summed E-state index contributed by atoms with van der Waals surface area (Å²) >= 11 is 0. The predicted molar refractivity (Wildman–Crippen MR) is 165 cm³/mol. The second-order valence-electron chi connectivity index (χ2n) is 12.7. The maximum absolute atomic E-state index is 12.7. The molecule has 4 aromatic rings. The van der Waals surface area contributed by atoms with Crippen LogP contribution in [0.5, 0.6) is 0 Å². The van der Waals surface area contributed by atoms with Gasteiger partial charge in [0.05, 0.1) is 40.4 Å². The number of anilines is 1. The van der Waals surface area contributed by atoms with Crippen LogP contribution in [0.15, 0.2) is 54.7 Å². The molecule has 0 radical (unpaired) electrons. The Balaban J connectivity index is 1.53. The van der Waals surface area contributed by atoms with E-state index in [4.69, 9.17) is 24.7 Å². The molecular weight excluding hydrogens is 544 g/mol. The molecule has 43 heavy (non-hydrogen) atoms. The van der Waals surface area contributed by atoms with Crippen molar-refractivity contribution >= 4 is 17.4 Å². The van der Waals surface area contributed by atoms with Crippen molar-refractivity contribution < 1.29 is 19.4 Å². The normalized spacial score (nSPS) is 18.6. The maximum Gasteiger partial charge on any atom is 0.337 e. The average molecular weight is 585 g/mol. The second-order valence-corrected chi connectivity index (χ2v) is 12.7. The summed E-state index contributed by atoms with van der Waals surface area (Å²) in [6.45, 7) is 11.5. The number of ether oxygens (including phenoxy) is 2. The first-order valence-electron chi connectivity index (χ1n) is 15.0. The number of rotatable bonds is 3. The number of aryl methyl sites for hydroxylation is 2. The van der Waals surface area contributed by atoms with Crippen LogP contribution in [0.2, 0.25) is 0 Å². The Morgan fingerprint density at radius 3 is 2.65 bits per heavy atom. The van der Waals surface area contributed by atoms with E-state index in [0.717, 1.165) is 48.3 Å². The number of piperidine rings is 1. The zero-order chi connectivity index (χ0) is 30.4. The van der Waals surface area contributed by atoms with Gasteiger partial charge in [-0.1, -0.05) is 24.3 Å². The monoisotopic (exact) mass is 584 g/mol. The van der Waals surface area contributed by atoms with Gasteiger partial charge in [-0.05, 0) is 78.5 Å². The number of hydrogen-bond acceptors (Lipinski definition) is 7. The number of hydrogen-bond donors (Lipinski definition) is 1. The largest absolute Gasteiger partial charge is 0.479 e. The van der Waals surface area contributed by atoms with Crippen molar-refractivity contribution in [3.63, 3.8) is 0 Å². The van der Waals surface area contributed by atoms with E-state index in [1.165, 1.54) is 0 Å². The van der Waals surface area contributed by atoms with Crippen molar-refractivity contribution in [2.24, 2.45) is 0 Å². The van der Waals surface area contributed by atoms with Crippen LogP contribution in [-0.2, 0) is 20.7 Å². The zero-order valence-corrected chi connectivity index (χ0v) is 25.6. The van der Waals surface area contributed by atoms with Gasteiger partial charge in [0.1, 0.15) is 5.82 Å². The first-order chi connectivity index (χ1) is 20.5.